The molecule has 0 N–H and O–H groups in total. The van der Waals surface area contributed by atoms with Crippen LogP contribution in [0.2, 0.25) is 0 Å². The molecule has 1 amide bonds. The van der Waals surface area contributed by atoms with Crippen LogP contribution in [0.25, 0.3) is 11.3 Å². The molecule has 2 saturated heterocycles. The van der Waals surface area contributed by atoms with Gasteiger partial charge >= 0.3 is 6.09 Å². The Morgan fingerprint density at radius 1 is 1.24 bits per heavy atom. The van der Waals surface area contributed by atoms with E-state index in [4.69, 9.17) is 9.47 Å². The molecule has 2 aromatic rings. The minimum Gasteiger partial charge on any atom is -0.481 e. The lowest BCUT2D eigenvalue weighted by molar-refractivity contribution is -0.00294. The zero-order valence-corrected chi connectivity index (χ0v) is 19.9. The Morgan fingerprint density at radius 2 is 2.03 bits per heavy atom. The molecule has 9 heteroatoms. The van der Waals surface area contributed by atoms with Crippen LogP contribution < -0.4 is 9.64 Å². The van der Waals surface area contributed by atoms with Crippen molar-refractivity contribution in [3.8, 4) is 17.1 Å². The van der Waals surface area contributed by atoms with E-state index in [9.17, 15) is 9.18 Å². The molecule has 5 rings (SSSR count). The number of nitrogens with zero attached hydrogens (tertiary/aromatic N) is 5. The molecule has 182 valence electrons. The Morgan fingerprint density at radius 3 is 2.76 bits per heavy atom. The molecule has 4 heterocycles. The molecule has 1 spiro atoms. The van der Waals surface area contributed by atoms with E-state index in [0.29, 0.717) is 29.8 Å². The summed E-state index contributed by atoms with van der Waals surface area (Å²) in [5.74, 6) is 0.870. The van der Waals surface area contributed by atoms with Crippen molar-refractivity contribution in [2.24, 2.45) is 5.41 Å². The number of piperazine rings is 1. The van der Waals surface area contributed by atoms with Gasteiger partial charge in [-0.3, -0.25) is 4.90 Å². The van der Waals surface area contributed by atoms with Gasteiger partial charge in [-0.05, 0) is 38.3 Å². The molecule has 1 atom stereocenters. The zero-order chi connectivity index (χ0) is 23.7. The summed E-state index contributed by atoms with van der Waals surface area (Å²) < 4.78 is 24.5. The van der Waals surface area contributed by atoms with Crippen LogP contribution in [-0.2, 0) is 4.74 Å². The first-order valence-electron chi connectivity index (χ1n) is 12.1. The van der Waals surface area contributed by atoms with E-state index in [1.165, 1.54) is 25.1 Å². The maximum absolute atomic E-state index is 14.1. The number of carbonyl (C=O) groups is 1. The van der Waals surface area contributed by atoms with Crippen molar-refractivity contribution in [2.45, 2.75) is 32.2 Å². The van der Waals surface area contributed by atoms with Crippen molar-refractivity contribution >= 4 is 11.9 Å². The Labute approximate surface area is 199 Å². The Kier molecular flexibility index (Phi) is 6.29. The highest BCUT2D eigenvalue weighted by Gasteiger charge is 2.51. The van der Waals surface area contributed by atoms with Gasteiger partial charge in [-0.15, -0.1) is 0 Å². The minimum absolute atomic E-state index is 0.182. The van der Waals surface area contributed by atoms with Gasteiger partial charge in [0.05, 0.1) is 25.6 Å². The Hall–Kier alpha value is -2.94. The van der Waals surface area contributed by atoms with Crippen molar-refractivity contribution in [2.75, 3.05) is 57.9 Å². The third-order valence-corrected chi connectivity index (χ3v) is 7.43. The van der Waals surface area contributed by atoms with E-state index in [0.717, 1.165) is 51.5 Å². The van der Waals surface area contributed by atoms with Gasteiger partial charge in [-0.1, -0.05) is 6.07 Å². The number of hydrogen-bond donors (Lipinski definition) is 0. The van der Waals surface area contributed by atoms with Gasteiger partial charge < -0.3 is 19.3 Å². The number of anilines is 1. The highest BCUT2D eigenvalue weighted by atomic mass is 19.1. The number of aromatic nitrogens is 2. The average Bonchev–Trinajstić information content (AvgIpc) is 3.29. The SMILES string of the molecule is CCOC(=O)N1CC2(CC[C@@H](N3CCN(c4ncc(F)cc4-c4cccc(OC)n4)CC3)C2)C1. The predicted molar refractivity (Wildman–Crippen MR) is 126 cm³/mol. The van der Waals surface area contributed by atoms with Crippen LogP contribution in [0.4, 0.5) is 15.0 Å². The lowest BCUT2D eigenvalue weighted by Crippen LogP contribution is -2.58. The van der Waals surface area contributed by atoms with E-state index in [2.05, 4.69) is 19.8 Å². The van der Waals surface area contributed by atoms with Crippen LogP contribution >= 0.6 is 0 Å². The van der Waals surface area contributed by atoms with Crippen LogP contribution in [0.1, 0.15) is 26.2 Å². The second-order valence-electron chi connectivity index (χ2n) is 9.56. The zero-order valence-electron chi connectivity index (χ0n) is 19.9. The highest BCUT2D eigenvalue weighted by Crippen LogP contribution is 2.47. The van der Waals surface area contributed by atoms with Gasteiger partial charge in [0.25, 0.3) is 0 Å². The highest BCUT2D eigenvalue weighted by molar-refractivity contribution is 5.73. The maximum Gasteiger partial charge on any atom is 0.409 e. The standard InChI is InChI=1S/C25H32FN5O3/c1-3-34-24(32)31-16-25(17-31)8-7-19(14-25)29-9-11-30(12-10-29)23-20(13-18(26)15-27-23)21-5-4-6-22(28-21)33-2/h4-6,13,15,19H,3,7-12,14,16-17H2,1-2H3/t19-/m1/s1. The smallest absolute Gasteiger partial charge is 0.409 e. The predicted octanol–water partition coefficient (Wildman–Crippen LogP) is 3.42. The number of methoxy groups -OCH3 is 1. The quantitative estimate of drug-likeness (QED) is 0.665. The molecule has 1 aliphatic carbocycles. The summed E-state index contributed by atoms with van der Waals surface area (Å²) in [6, 6.07) is 7.54. The van der Waals surface area contributed by atoms with Crippen molar-refractivity contribution in [3.63, 3.8) is 0 Å². The minimum atomic E-state index is -0.379. The van der Waals surface area contributed by atoms with E-state index in [-0.39, 0.29) is 17.3 Å². The van der Waals surface area contributed by atoms with Crippen LogP contribution in [0.3, 0.4) is 0 Å². The molecule has 8 nitrogen and oxygen atoms in total. The van der Waals surface area contributed by atoms with Crippen LogP contribution in [-0.4, -0.2) is 84.9 Å². The molecule has 1 saturated carbocycles. The van der Waals surface area contributed by atoms with Crippen LogP contribution in [0.15, 0.2) is 30.5 Å². The largest absolute Gasteiger partial charge is 0.481 e. The average molecular weight is 470 g/mol. The topological polar surface area (TPSA) is 71.0 Å². The summed E-state index contributed by atoms with van der Waals surface area (Å²) in [4.78, 5) is 27.5. The molecular formula is C25H32FN5O3. The monoisotopic (exact) mass is 469 g/mol. The molecule has 0 radical (unpaired) electrons. The number of carbonyl (C=O) groups excluding carboxylic acids is 1. The summed E-state index contributed by atoms with van der Waals surface area (Å²) >= 11 is 0. The Balaban J connectivity index is 1.22. The first kappa shape index (κ1) is 22.8. The van der Waals surface area contributed by atoms with Gasteiger partial charge in [0.15, 0.2) is 0 Å². The summed E-state index contributed by atoms with van der Waals surface area (Å²) in [7, 11) is 1.57. The number of amides is 1. The third-order valence-electron chi connectivity index (χ3n) is 7.43. The van der Waals surface area contributed by atoms with E-state index in [1.807, 2.05) is 24.0 Å². The van der Waals surface area contributed by atoms with E-state index in [1.54, 1.807) is 13.2 Å². The van der Waals surface area contributed by atoms with Gasteiger partial charge in [0.2, 0.25) is 5.88 Å². The normalized spacial score (nSPS) is 22.0. The fraction of sp³-hybridized carbons (Fsp3) is 0.560. The number of hydrogen-bond acceptors (Lipinski definition) is 7. The number of ether oxygens (including phenoxy) is 2. The van der Waals surface area contributed by atoms with Gasteiger partial charge in [-0.25, -0.2) is 19.2 Å². The third kappa shape index (κ3) is 4.41. The van der Waals surface area contributed by atoms with Crippen molar-refractivity contribution in [1.29, 1.82) is 0 Å². The summed E-state index contributed by atoms with van der Waals surface area (Å²) in [6.07, 6.45) is 4.57. The molecule has 0 unspecified atom stereocenters. The fourth-order valence-electron chi connectivity index (χ4n) is 5.73. The van der Waals surface area contributed by atoms with Crippen LogP contribution in [0, 0.1) is 11.2 Å². The number of likely N-dealkylation sites (tertiary alicyclic amines) is 1. The number of pyridine rings is 2. The summed E-state index contributed by atoms with van der Waals surface area (Å²) in [6.45, 7) is 7.43. The molecule has 3 aliphatic rings. The first-order chi connectivity index (χ1) is 16.5. The molecule has 0 bridgehead atoms. The molecular weight excluding hydrogens is 437 g/mol. The molecule has 0 aromatic carbocycles. The van der Waals surface area contributed by atoms with Gasteiger partial charge in [0, 0.05) is 62.4 Å². The first-order valence-corrected chi connectivity index (χ1v) is 12.1. The lowest BCUT2D eigenvalue weighted by atomic mass is 9.78. The number of halogens is 1. The molecule has 3 fully saturated rings. The Bertz CT molecular complexity index is 1040. The fourth-order valence-corrected chi connectivity index (χ4v) is 5.73. The lowest BCUT2D eigenvalue weighted by Gasteiger charge is -2.48. The number of rotatable bonds is 5. The summed E-state index contributed by atoms with van der Waals surface area (Å²) in [5, 5.41) is 0. The van der Waals surface area contributed by atoms with Crippen molar-refractivity contribution in [3.05, 3.63) is 36.3 Å². The van der Waals surface area contributed by atoms with E-state index >= 15 is 0 Å². The second kappa shape index (κ2) is 9.37. The second-order valence-corrected chi connectivity index (χ2v) is 9.56. The van der Waals surface area contributed by atoms with Gasteiger partial charge in [-0.2, -0.15) is 0 Å². The molecule has 2 aliphatic heterocycles. The maximum atomic E-state index is 14.1. The summed E-state index contributed by atoms with van der Waals surface area (Å²) in [5.41, 5.74) is 1.59. The van der Waals surface area contributed by atoms with E-state index < -0.39 is 0 Å². The van der Waals surface area contributed by atoms with Crippen molar-refractivity contribution < 1.29 is 18.7 Å². The van der Waals surface area contributed by atoms with Gasteiger partial charge in [0.1, 0.15) is 11.6 Å². The molecule has 2 aromatic heterocycles. The van der Waals surface area contributed by atoms with Crippen molar-refractivity contribution in [1.82, 2.24) is 19.8 Å². The molecule has 34 heavy (non-hydrogen) atoms. The van der Waals surface area contributed by atoms with Crippen LogP contribution in [0.5, 0.6) is 5.88 Å².